The van der Waals surface area contributed by atoms with E-state index in [0.717, 1.165) is 18.5 Å². The largest absolute Gasteiger partial charge is 0.325 e. The van der Waals surface area contributed by atoms with Crippen molar-refractivity contribution in [2.45, 2.75) is 25.0 Å². The van der Waals surface area contributed by atoms with Crippen LogP contribution in [0, 0.1) is 5.82 Å². The van der Waals surface area contributed by atoms with E-state index in [1.54, 1.807) is 0 Å². The molecule has 2 aromatic carbocycles. The summed E-state index contributed by atoms with van der Waals surface area (Å²) in [4.78, 5) is 28.4. The van der Waals surface area contributed by atoms with E-state index in [1.807, 2.05) is 23.6 Å². The zero-order valence-corrected chi connectivity index (χ0v) is 17.9. The van der Waals surface area contributed by atoms with Crippen LogP contribution in [0.5, 0.6) is 0 Å². The molecule has 0 unspecified atom stereocenters. The van der Waals surface area contributed by atoms with Crippen molar-refractivity contribution in [2.75, 3.05) is 16.4 Å². The van der Waals surface area contributed by atoms with Crippen molar-refractivity contribution in [1.29, 1.82) is 0 Å². The molecule has 0 aliphatic rings. The zero-order valence-electron chi connectivity index (χ0n) is 16.3. The lowest BCUT2D eigenvalue weighted by molar-refractivity contribution is -0.116. The number of carbonyl (C=O) groups is 2. The van der Waals surface area contributed by atoms with Crippen molar-refractivity contribution in [3.63, 3.8) is 0 Å². The van der Waals surface area contributed by atoms with E-state index in [0.29, 0.717) is 23.0 Å². The molecule has 0 bridgehead atoms. The van der Waals surface area contributed by atoms with Crippen LogP contribution in [0.15, 0.2) is 60.0 Å². The van der Waals surface area contributed by atoms with Crippen molar-refractivity contribution in [3.8, 4) is 0 Å². The van der Waals surface area contributed by atoms with Gasteiger partial charge in [-0.1, -0.05) is 30.3 Å². The molecule has 0 aliphatic carbocycles. The average molecular weight is 444 g/mol. The van der Waals surface area contributed by atoms with E-state index in [2.05, 4.69) is 27.8 Å². The molecule has 0 radical (unpaired) electrons. The summed E-state index contributed by atoms with van der Waals surface area (Å²) in [6.45, 7) is 0. The van der Waals surface area contributed by atoms with Gasteiger partial charge in [-0.15, -0.1) is 23.1 Å². The number of nitrogens with zero attached hydrogens (tertiary/aromatic N) is 1. The molecule has 3 rings (SSSR count). The number of rotatable bonds is 10. The van der Waals surface area contributed by atoms with E-state index in [1.165, 1.54) is 52.9 Å². The molecule has 0 atom stereocenters. The number of aryl methyl sites for hydroxylation is 1. The smallest absolute Gasteiger partial charge is 0.234 e. The van der Waals surface area contributed by atoms with Crippen LogP contribution in [0.1, 0.15) is 24.1 Å². The number of carbonyl (C=O) groups excluding carboxylic acids is 2. The minimum absolute atomic E-state index is 0.0434. The van der Waals surface area contributed by atoms with Gasteiger partial charge in [-0.3, -0.25) is 9.59 Å². The summed E-state index contributed by atoms with van der Waals surface area (Å²) in [5.41, 5.74) is 2.61. The zero-order chi connectivity index (χ0) is 21.2. The molecule has 3 aromatic rings. The number of aromatic nitrogens is 1. The van der Waals surface area contributed by atoms with Crippen LogP contribution >= 0.6 is 23.1 Å². The number of thiazole rings is 1. The second-order valence-electron chi connectivity index (χ2n) is 6.58. The molecule has 156 valence electrons. The molecular weight excluding hydrogens is 421 g/mol. The Morgan fingerprint density at radius 1 is 1.00 bits per heavy atom. The van der Waals surface area contributed by atoms with Crippen LogP contribution in [0.4, 0.5) is 15.2 Å². The minimum atomic E-state index is -0.343. The maximum Gasteiger partial charge on any atom is 0.234 e. The molecule has 30 heavy (non-hydrogen) atoms. The Morgan fingerprint density at radius 3 is 2.53 bits per heavy atom. The van der Waals surface area contributed by atoms with Gasteiger partial charge >= 0.3 is 0 Å². The molecule has 2 N–H and O–H groups in total. The molecule has 0 fully saturated rings. The normalized spacial score (nSPS) is 10.6. The molecule has 8 heteroatoms. The van der Waals surface area contributed by atoms with E-state index in [4.69, 9.17) is 0 Å². The summed E-state index contributed by atoms with van der Waals surface area (Å²) < 4.78 is 12.9. The highest BCUT2D eigenvalue weighted by Gasteiger charge is 2.08. The lowest BCUT2D eigenvalue weighted by atomic mass is 10.1. The number of amides is 2. The first kappa shape index (κ1) is 22.0. The molecule has 0 saturated heterocycles. The second-order valence-corrected chi connectivity index (χ2v) is 8.42. The van der Waals surface area contributed by atoms with Crippen LogP contribution in [0.25, 0.3) is 0 Å². The molecule has 1 aromatic heterocycles. The third-order valence-corrected chi connectivity index (χ3v) is 5.89. The highest BCUT2D eigenvalue weighted by atomic mass is 32.2. The van der Waals surface area contributed by atoms with Gasteiger partial charge in [0.25, 0.3) is 0 Å². The van der Waals surface area contributed by atoms with E-state index >= 15 is 0 Å². The third-order valence-electron chi connectivity index (χ3n) is 4.12. The van der Waals surface area contributed by atoms with Crippen molar-refractivity contribution in [3.05, 3.63) is 77.1 Å². The minimum Gasteiger partial charge on any atom is -0.325 e. The first-order valence-corrected chi connectivity index (χ1v) is 11.5. The number of hydrogen-bond acceptors (Lipinski definition) is 5. The highest BCUT2D eigenvalue weighted by Crippen LogP contribution is 2.20. The fraction of sp³-hybridized carbons (Fsp3) is 0.227. The number of hydrogen-bond donors (Lipinski definition) is 2. The number of thioether (sulfide) groups is 1. The van der Waals surface area contributed by atoms with E-state index in [9.17, 15) is 14.0 Å². The maximum atomic E-state index is 12.9. The molecule has 0 aliphatic heterocycles. The predicted molar refractivity (Wildman–Crippen MR) is 121 cm³/mol. The van der Waals surface area contributed by atoms with Gasteiger partial charge in [-0.25, -0.2) is 9.37 Å². The monoisotopic (exact) mass is 443 g/mol. The topological polar surface area (TPSA) is 71.1 Å². The molecule has 1 heterocycles. The average Bonchev–Trinajstić information content (AvgIpc) is 3.17. The Balaban J connectivity index is 1.33. The molecule has 5 nitrogen and oxygen atoms in total. The molecular formula is C22H22FN3O2S2. The predicted octanol–water partition coefficient (Wildman–Crippen LogP) is 5.12. The van der Waals surface area contributed by atoms with Crippen LogP contribution in [-0.4, -0.2) is 22.6 Å². The standard InChI is InChI=1S/C22H22FN3O2S2/c23-17-9-11-18(12-10-17)24-21(28)15-29-13-19-14-30-22(25-19)26-20(27)8-4-7-16-5-2-1-3-6-16/h1-3,5-6,9-12,14H,4,7-8,13,15H2,(H,24,28)(H,25,26,27). The van der Waals surface area contributed by atoms with Crippen LogP contribution in [0.2, 0.25) is 0 Å². The first-order chi connectivity index (χ1) is 14.6. The number of nitrogens with one attached hydrogen (secondary N) is 2. The summed E-state index contributed by atoms with van der Waals surface area (Å²) in [6, 6.07) is 15.7. The summed E-state index contributed by atoms with van der Waals surface area (Å²) >= 11 is 2.80. The Bertz CT molecular complexity index is 962. The van der Waals surface area contributed by atoms with Crippen molar-refractivity contribution >= 4 is 45.7 Å². The Labute approximate surface area is 183 Å². The summed E-state index contributed by atoms with van der Waals surface area (Å²) in [5, 5.41) is 8.01. The highest BCUT2D eigenvalue weighted by molar-refractivity contribution is 7.99. The van der Waals surface area contributed by atoms with Crippen LogP contribution < -0.4 is 10.6 Å². The van der Waals surface area contributed by atoms with Crippen molar-refractivity contribution in [1.82, 2.24) is 4.98 Å². The lowest BCUT2D eigenvalue weighted by Crippen LogP contribution is -2.14. The summed E-state index contributed by atoms with van der Waals surface area (Å²) in [5.74, 6) is 0.282. The number of halogens is 1. The molecule has 0 saturated carbocycles. The van der Waals surface area contributed by atoms with E-state index < -0.39 is 0 Å². The fourth-order valence-corrected chi connectivity index (χ4v) is 4.24. The van der Waals surface area contributed by atoms with Crippen LogP contribution in [0.3, 0.4) is 0 Å². The summed E-state index contributed by atoms with van der Waals surface area (Å²) in [6.07, 6.45) is 2.10. The third kappa shape index (κ3) is 7.61. The van der Waals surface area contributed by atoms with Gasteiger partial charge in [-0.05, 0) is 42.7 Å². The maximum absolute atomic E-state index is 12.9. The van der Waals surface area contributed by atoms with Crippen LogP contribution in [-0.2, 0) is 21.8 Å². The first-order valence-electron chi connectivity index (χ1n) is 9.50. The summed E-state index contributed by atoms with van der Waals surface area (Å²) in [7, 11) is 0. The van der Waals surface area contributed by atoms with Gasteiger partial charge in [0.2, 0.25) is 11.8 Å². The van der Waals surface area contributed by atoms with Crippen molar-refractivity contribution < 1.29 is 14.0 Å². The SMILES string of the molecule is O=C(CSCc1csc(NC(=O)CCCc2ccccc2)n1)Nc1ccc(F)cc1. The van der Waals surface area contributed by atoms with Gasteiger partial charge < -0.3 is 10.6 Å². The van der Waals surface area contributed by atoms with Gasteiger partial charge in [0.15, 0.2) is 5.13 Å². The Kier molecular flexibility index (Phi) is 8.41. The molecule has 0 spiro atoms. The van der Waals surface area contributed by atoms with Gasteiger partial charge in [0.1, 0.15) is 5.82 Å². The Morgan fingerprint density at radius 2 is 1.77 bits per heavy atom. The van der Waals surface area contributed by atoms with Gasteiger partial charge in [-0.2, -0.15) is 0 Å². The quantitative estimate of drug-likeness (QED) is 0.456. The second kappa shape index (κ2) is 11.5. The molecule has 2 amide bonds. The lowest BCUT2D eigenvalue weighted by Gasteiger charge is -2.04. The number of benzene rings is 2. The van der Waals surface area contributed by atoms with Crippen molar-refractivity contribution in [2.24, 2.45) is 0 Å². The van der Waals surface area contributed by atoms with E-state index in [-0.39, 0.29) is 23.4 Å². The Hall–Kier alpha value is -2.71. The fourth-order valence-electron chi connectivity index (χ4n) is 2.69. The van der Waals surface area contributed by atoms with Gasteiger partial charge in [0.05, 0.1) is 11.4 Å². The van der Waals surface area contributed by atoms with Gasteiger partial charge in [0, 0.05) is 23.2 Å². The number of anilines is 2.